The van der Waals surface area contributed by atoms with E-state index in [9.17, 15) is 9.18 Å². The summed E-state index contributed by atoms with van der Waals surface area (Å²) in [5, 5.41) is 2.73. The van der Waals surface area contributed by atoms with E-state index >= 15 is 0 Å². The summed E-state index contributed by atoms with van der Waals surface area (Å²) in [6.45, 7) is 8.01. The normalized spacial score (nSPS) is 17.2. The fourth-order valence-corrected chi connectivity index (χ4v) is 3.10. The molecule has 0 aliphatic carbocycles. The first-order valence-electron chi connectivity index (χ1n) is 10.4. The maximum absolute atomic E-state index is 14.2. The van der Waals surface area contributed by atoms with Crippen molar-refractivity contribution in [3.63, 3.8) is 0 Å². The Morgan fingerprint density at radius 2 is 1.78 bits per heavy atom. The second kappa shape index (κ2) is 9.73. The second-order valence-corrected chi connectivity index (χ2v) is 8.61. The minimum atomic E-state index is -0.718. The first-order chi connectivity index (χ1) is 15.1. The fourth-order valence-electron chi connectivity index (χ4n) is 3.10. The Kier molecular flexibility index (Phi) is 7.23. The first kappa shape index (κ1) is 23.8. The molecule has 0 radical (unpaired) electrons. The van der Waals surface area contributed by atoms with Gasteiger partial charge < -0.3 is 24.8 Å². The van der Waals surface area contributed by atoms with Crippen molar-refractivity contribution in [1.82, 2.24) is 5.32 Å². The van der Waals surface area contributed by atoms with Gasteiger partial charge in [-0.3, -0.25) is 5.84 Å². The van der Waals surface area contributed by atoms with Crippen LogP contribution in [0.5, 0.6) is 0 Å². The number of nitrogen functional groups attached to an aromatic ring is 1. The van der Waals surface area contributed by atoms with Crippen LogP contribution in [-0.2, 0) is 20.7 Å². The summed E-state index contributed by atoms with van der Waals surface area (Å²) in [7, 11) is -0.718. The van der Waals surface area contributed by atoms with Gasteiger partial charge in [-0.1, -0.05) is 42.5 Å². The molecule has 0 unspecified atom stereocenters. The largest absolute Gasteiger partial charge is 0.492 e. The lowest BCUT2D eigenvalue weighted by Gasteiger charge is -2.32. The molecule has 2 aromatic rings. The van der Waals surface area contributed by atoms with Gasteiger partial charge in [0.05, 0.1) is 16.9 Å². The molecule has 1 amide bonds. The van der Waals surface area contributed by atoms with Gasteiger partial charge in [-0.25, -0.2) is 9.18 Å². The third kappa shape index (κ3) is 5.67. The number of carbonyl (C=O) groups excluding carboxylic acids is 1. The van der Waals surface area contributed by atoms with Gasteiger partial charge in [0.2, 0.25) is 0 Å². The maximum atomic E-state index is 14.2. The number of halogens is 1. The molecule has 0 spiro atoms. The van der Waals surface area contributed by atoms with Crippen LogP contribution in [0.2, 0.25) is 0 Å². The van der Waals surface area contributed by atoms with E-state index in [1.807, 2.05) is 58.0 Å². The Balaban J connectivity index is 1.75. The van der Waals surface area contributed by atoms with Crippen LogP contribution in [0, 0.1) is 5.82 Å². The van der Waals surface area contributed by atoms with E-state index in [0.29, 0.717) is 11.0 Å². The number of hydrogen-bond acceptors (Lipinski definition) is 6. The Bertz CT molecular complexity index is 966. The maximum Gasteiger partial charge on any atom is 0.492 e. The van der Waals surface area contributed by atoms with Gasteiger partial charge in [0.25, 0.3) is 0 Å². The van der Waals surface area contributed by atoms with Gasteiger partial charge in [-0.2, -0.15) is 0 Å². The lowest BCUT2D eigenvalue weighted by atomic mass is 9.77. The van der Waals surface area contributed by atoms with Gasteiger partial charge in [0, 0.05) is 6.54 Å². The molecule has 3 rings (SSSR count). The van der Waals surface area contributed by atoms with Crippen molar-refractivity contribution in [1.29, 1.82) is 0 Å². The topological polar surface area (TPSA) is 94.8 Å². The Morgan fingerprint density at radius 3 is 2.38 bits per heavy atom. The van der Waals surface area contributed by atoms with Crippen molar-refractivity contribution in [3.8, 4) is 0 Å². The van der Waals surface area contributed by atoms with Gasteiger partial charge in [0.15, 0.2) is 0 Å². The summed E-state index contributed by atoms with van der Waals surface area (Å²) in [5.41, 5.74) is 3.43. The van der Waals surface area contributed by atoms with E-state index < -0.39 is 30.2 Å². The van der Waals surface area contributed by atoms with Crippen molar-refractivity contribution >= 4 is 25.0 Å². The summed E-state index contributed by atoms with van der Waals surface area (Å²) in [6.07, 6.45) is 1.15. The molecular weight excluding hydrogens is 412 g/mol. The molecular formula is C23H29BFN3O4. The number of nitrogens with two attached hydrogens (primary N) is 1. The number of hydrogen-bond donors (Lipinski definition) is 3. The standard InChI is InChI=1S/C23H29BFN3O4/c1-22(2)23(3,4)32-24(31-22)18(12-17-10-11-20(28-26)19(25)13-17)14-27-21(29)30-15-16-8-6-5-7-9-16/h5-13,28H,14-15,26H2,1-4H3,(H,27,29). The Morgan fingerprint density at radius 1 is 1.12 bits per heavy atom. The van der Waals surface area contributed by atoms with Crippen molar-refractivity contribution in [2.24, 2.45) is 5.84 Å². The molecule has 7 nitrogen and oxygen atoms in total. The van der Waals surface area contributed by atoms with Crippen LogP contribution in [0.3, 0.4) is 0 Å². The number of rotatable bonds is 7. The fraction of sp³-hybridized carbons (Fsp3) is 0.348. The number of alkyl carbamates (subject to hydrolysis) is 1. The molecule has 0 aromatic heterocycles. The van der Waals surface area contributed by atoms with E-state index in [4.69, 9.17) is 19.9 Å². The first-order valence-corrected chi connectivity index (χ1v) is 10.4. The van der Waals surface area contributed by atoms with Gasteiger partial charge in [-0.05, 0) is 56.4 Å². The molecule has 1 saturated heterocycles. The highest BCUT2D eigenvalue weighted by atomic mass is 19.1. The molecule has 1 fully saturated rings. The molecule has 4 N–H and O–H groups in total. The highest BCUT2D eigenvalue weighted by Gasteiger charge is 2.52. The molecule has 32 heavy (non-hydrogen) atoms. The average molecular weight is 441 g/mol. The van der Waals surface area contributed by atoms with Gasteiger partial charge >= 0.3 is 13.2 Å². The summed E-state index contributed by atoms with van der Waals surface area (Å²) in [4.78, 5) is 12.3. The van der Waals surface area contributed by atoms with Crippen LogP contribution in [-0.4, -0.2) is 31.0 Å². The SMILES string of the molecule is CC1(C)OB(C(=Cc2ccc(NN)c(F)c2)CNC(=O)OCc2ccccc2)OC1(C)C. The van der Waals surface area contributed by atoms with E-state index in [2.05, 4.69) is 10.7 Å². The number of ether oxygens (including phenoxy) is 1. The number of carbonyl (C=O) groups is 1. The van der Waals surface area contributed by atoms with Crippen molar-refractivity contribution in [2.45, 2.75) is 45.5 Å². The van der Waals surface area contributed by atoms with Crippen LogP contribution >= 0.6 is 0 Å². The molecule has 9 heteroatoms. The summed E-state index contributed by atoms with van der Waals surface area (Å²) in [5.74, 6) is 4.81. The third-order valence-corrected chi connectivity index (χ3v) is 5.71. The quantitative estimate of drug-likeness (QED) is 0.341. The number of amides is 1. The third-order valence-electron chi connectivity index (χ3n) is 5.71. The number of hydrazine groups is 1. The molecule has 170 valence electrons. The molecule has 0 bridgehead atoms. The van der Waals surface area contributed by atoms with Crippen LogP contribution in [0.15, 0.2) is 54.0 Å². The molecule has 1 aliphatic rings. The van der Waals surface area contributed by atoms with Crippen molar-refractivity contribution < 1.29 is 23.2 Å². The van der Waals surface area contributed by atoms with E-state index in [1.54, 1.807) is 12.1 Å². The smallest absolute Gasteiger partial charge is 0.445 e. The average Bonchev–Trinajstić information content (AvgIpc) is 2.97. The van der Waals surface area contributed by atoms with E-state index in [1.165, 1.54) is 12.1 Å². The van der Waals surface area contributed by atoms with E-state index in [0.717, 1.165) is 5.56 Å². The molecule has 2 aromatic carbocycles. The zero-order valence-electron chi connectivity index (χ0n) is 18.8. The van der Waals surface area contributed by atoms with Gasteiger partial charge in [-0.15, -0.1) is 0 Å². The predicted molar refractivity (Wildman–Crippen MR) is 123 cm³/mol. The van der Waals surface area contributed by atoms with Crippen molar-refractivity contribution in [2.75, 3.05) is 12.0 Å². The highest BCUT2D eigenvalue weighted by Crippen LogP contribution is 2.38. The van der Waals surface area contributed by atoms with E-state index in [-0.39, 0.29) is 18.8 Å². The summed E-state index contributed by atoms with van der Waals surface area (Å²) >= 11 is 0. The number of benzene rings is 2. The lowest BCUT2D eigenvalue weighted by Crippen LogP contribution is -2.41. The van der Waals surface area contributed by atoms with Gasteiger partial charge in [0.1, 0.15) is 12.4 Å². The van der Waals surface area contributed by atoms with Crippen molar-refractivity contribution in [3.05, 3.63) is 70.9 Å². The Hall–Kier alpha value is -2.88. The zero-order valence-corrected chi connectivity index (χ0v) is 18.8. The molecule has 1 aliphatic heterocycles. The minimum absolute atomic E-state index is 0.100. The summed E-state index contributed by atoms with van der Waals surface area (Å²) in [6, 6.07) is 14.0. The number of anilines is 1. The lowest BCUT2D eigenvalue weighted by molar-refractivity contribution is 0.00578. The monoisotopic (exact) mass is 441 g/mol. The second-order valence-electron chi connectivity index (χ2n) is 8.61. The predicted octanol–water partition coefficient (Wildman–Crippen LogP) is 4.05. The molecule has 1 heterocycles. The van der Waals surface area contributed by atoms with Crippen LogP contribution in [0.25, 0.3) is 6.08 Å². The van der Waals surface area contributed by atoms with Crippen LogP contribution in [0.4, 0.5) is 14.9 Å². The molecule has 0 saturated carbocycles. The van der Waals surface area contributed by atoms with Crippen LogP contribution in [0.1, 0.15) is 38.8 Å². The minimum Gasteiger partial charge on any atom is -0.445 e. The zero-order chi connectivity index (χ0) is 23.4. The Labute approximate surface area is 188 Å². The number of nitrogens with one attached hydrogen (secondary N) is 2. The van der Waals surface area contributed by atoms with Crippen LogP contribution < -0.4 is 16.6 Å². The highest BCUT2D eigenvalue weighted by molar-refractivity contribution is 6.56. The summed E-state index contributed by atoms with van der Waals surface area (Å²) < 4.78 is 31.7. The molecule has 0 atom stereocenters.